The Balaban J connectivity index is 2.84. The van der Waals surface area contributed by atoms with E-state index >= 15 is 0 Å². The van der Waals surface area contributed by atoms with Crippen molar-refractivity contribution in [1.82, 2.24) is 4.90 Å². The molecule has 0 aliphatic rings. The summed E-state index contributed by atoms with van der Waals surface area (Å²) in [4.78, 5) is 13.6. The predicted octanol–water partition coefficient (Wildman–Crippen LogP) is 2.76. The van der Waals surface area contributed by atoms with Gasteiger partial charge in [0.1, 0.15) is 0 Å². The van der Waals surface area contributed by atoms with E-state index in [-0.39, 0.29) is 5.91 Å². The van der Waals surface area contributed by atoms with Gasteiger partial charge in [0.25, 0.3) is 5.91 Å². The zero-order valence-electron chi connectivity index (χ0n) is 7.84. The number of rotatable bonds is 3. The molecule has 0 fully saturated rings. The average Bonchev–Trinajstić information content (AvgIpc) is 2.18. The summed E-state index contributed by atoms with van der Waals surface area (Å²) in [7, 11) is 1.81. The molecule has 1 rings (SSSR count). The number of halogens is 2. The van der Waals surface area contributed by atoms with Crippen LogP contribution in [0.3, 0.4) is 0 Å². The molecule has 76 valence electrons. The molecule has 1 amide bonds. The van der Waals surface area contributed by atoms with Crippen LogP contribution in [0.15, 0.2) is 24.3 Å². The summed E-state index contributed by atoms with van der Waals surface area (Å²) >= 11 is 5.49. The van der Waals surface area contributed by atoms with Crippen molar-refractivity contribution < 1.29 is 4.79 Å². The molecule has 0 aromatic heterocycles. The summed E-state index contributed by atoms with van der Waals surface area (Å²) in [6.07, 6.45) is 0. The summed E-state index contributed by atoms with van der Waals surface area (Å²) < 4.78 is 0.997. The van der Waals surface area contributed by atoms with Crippen LogP contribution in [0, 0.1) is 3.57 Å². The van der Waals surface area contributed by atoms with E-state index in [2.05, 4.69) is 38.5 Å². The fourth-order valence-corrected chi connectivity index (χ4v) is 2.22. The maximum atomic E-state index is 11.9. The normalized spacial score (nSPS) is 9.93. The molecule has 0 unspecified atom stereocenters. The first-order valence-corrected chi connectivity index (χ1v) is 6.42. The van der Waals surface area contributed by atoms with E-state index < -0.39 is 0 Å². The minimum atomic E-state index is 0.0782. The SMILES string of the molecule is CN(CCBr)C(=O)c1ccccc1I. The first-order chi connectivity index (χ1) is 6.66. The molecule has 1 aromatic rings. The predicted molar refractivity (Wildman–Crippen MR) is 69.9 cm³/mol. The smallest absolute Gasteiger partial charge is 0.254 e. The van der Waals surface area contributed by atoms with Crippen molar-refractivity contribution in [2.45, 2.75) is 0 Å². The summed E-state index contributed by atoms with van der Waals surface area (Å²) in [6, 6.07) is 7.62. The second kappa shape index (κ2) is 5.70. The zero-order valence-corrected chi connectivity index (χ0v) is 11.6. The highest BCUT2D eigenvalue weighted by Gasteiger charge is 2.12. The van der Waals surface area contributed by atoms with Gasteiger partial charge in [-0.3, -0.25) is 4.79 Å². The molecule has 0 aliphatic heterocycles. The Labute approximate surface area is 106 Å². The first kappa shape index (κ1) is 12.0. The highest BCUT2D eigenvalue weighted by atomic mass is 127. The fraction of sp³-hybridized carbons (Fsp3) is 0.300. The monoisotopic (exact) mass is 367 g/mol. The molecule has 14 heavy (non-hydrogen) atoms. The molecule has 1 aromatic carbocycles. The Morgan fingerprint density at radius 1 is 1.50 bits per heavy atom. The van der Waals surface area contributed by atoms with Crippen LogP contribution >= 0.6 is 38.5 Å². The second-order valence-corrected chi connectivity index (χ2v) is 4.85. The van der Waals surface area contributed by atoms with Crippen LogP contribution in [0.5, 0.6) is 0 Å². The molecule has 0 N–H and O–H groups in total. The maximum absolute atomic E-state index is 11.9. The number of amides is 1. The van der Waals surface area contributed by atoms with Gasteiger partial charge in [0.2, 0.25) is 0 Å². The largest absolute Gasteiger partial charge is 0.341 e. The van der Waals surface area contributed by atoms with Crippen LogP contribution in [-0.4, -0.2) is 29.7 Å². The highest BCUT2D eigenvalue weighted by Crippen LogP contribution is 2.13. The zero-order chi connectivity index (χ0) is 10.6. The molecular formula is C10H11BrINO. The van der Waals surface area contributed by atoms with E-state index in [1.807, 2.05) is 31.3 Å². The lowest BCUT2D eigenvalue weighted by Gasteiger charge is -2.16. The van der Waals surface area contributed by atoms with E-state index in [1.165, 1.54) is 0 Å². The summed E-state index contributed by atoms with van der Waals surface area (Å²) in [5, 5.41) is 0.804. The topological polar surface area (TPSA) is 20.3 Å². The fourth-order valence-electron chi connectivity index (χ4n) is 1.07. The van der Waals surface area contributed by atoms with Gasteiger partial charge < -0.3 is 4.90 Å². The number of hydrogen-bond acceptors (Lipinski definition) is 1. The lowest BCUT2D eigenvalue weighted by Crippen LogP contribution is -2.28. The Kier molecular flexibility index (Phi) is 4.88. The van der Waals surface area contributed by atoms with Crippen molar-refractivity contribution in [3.8, 4) is 0 Å². The van der Waals surface area contributed by atoms with E-state index in [1.54, 1.807) is 4.90 Å². The molecule has 0 heterocycles. The van der Waals surface area contributed by atoms with Gasteiger partial charge in [-0.2, -0.15) is 0 Å². The van der Waals surface area contributed by atoms with Crippen LogP contribution < -0.4 is 0 Å². The van der Waals surface area contributed by atoms with Crippen molar-refractivity contribution in [1.29, 1.82) is 0 Å². The summed E-state index contributed by atoms with van der Waals surface area (Å²) in [6.45, 7) is 0.726. The average molecular weight is 368 g/mol. The minimum absolute atomic E-state index is 0.0782. The number of nitrogens with zero attached hydrogens (tertiary/aromatic N) is 1. The maximum Gasteiger partial charge on any atom is 0.254 e. The van der Waals surface area contributed by atoms with Gasteiger partial charge in [0.15, 0.2) is 0 Å². The van der Waals surface area contributed by atoms with Gasteiger partial charge in [-0.15, -0.1) is 0 Å². The first-order valence-electron chi connectivity index (χ1n) is 4.22. The lowest BCUT2D eigenvalue weighted by atomic mass is 10.2. The highest BCUT2D eigenvalue weighted by molar-refractivity contribution is 14.1. The number of carbonyl (C=O) groups is 1. The Hall–Kier alpha value is -0.100. The van der Waals surface area contributed by atoms with Crippen molar-refractivity contribution in [2.24, 2.45) is 0 Å². The van der Waals surface area contributed by atoms with Gasteiger partial charge >= 0.3 is 0 Å². The number of benzene rings is 1. The quantitative estimate of drug-likeness (QED) is 0.594. The summed E-state index contributed by atoms with van der Waals surface area (Å²) in [5.74, 6) is 0.0782. The molecule has 0 spiro atoms. The third kappa shape index (κ3) is 2.95. The van der Waals surface area contributed by atoms with Gasteiger partial charge in [-0.25, -0.2) is 0 Å². The van der Waals surface area contributed by atoms with E-state index in [0.29, 0.717) is 0 Å². The van der Waals surface area contributed by atoms with Crippen LogP contribution in [0.25, 0.3) is 0 Å². The van der Waals surface area contributed by atoms with Crippen molar-refractivity contribution >= 4 is 44.4 Å². The standard InChI is InChI=1S/C10H11BrINO/c1-13(7-6-11)10(14)8-4-2-3-5-9(8)12/h2-5H,6-7H2,1H3. The number of alkyl halides is 1. The van der Waals surface area contributed by atoms with Gasteiger partial charge in [0, 0.05) is 22.5 Å². The third-order valence-corrected chi connectivity index (χ3v) is 3.17. The van der Waals surface area contributed by atoms with Crippen molar-refractivity contribution in [2.75, 3.05) is 18.9 Å². The minimum Gasteiger partial charge on any atom is -0.341 e. The van der Waals surface area contributed by atoms with E-state index in [9.17, 15) is 4.79 Å². The van der Waals surface area contributed by atoms with Gasteiger partial charge in [-0.05, 0) is 34.7 Å². The van der Waals surface area contributed by atoms with E-state index in [0.717, 1.165) is 21.0 Å². The Morgan fingerprint density at radius 3 is 2.71 bits per heavy atom. The van der Waals surface area contributed by atoms with E-state index in [4.69, 9.17) is 0 Å². The van der Waals surface area contributed by atoms with Crippen LogP contribution in [0.2, 0.25) is 0 Å². The molecule has 2 nitrogen and oxygen atoms in total. The molecule has 0 radical (unpaired) electrons. The molecule has 0 atom stereocenters. The summed E-state index contributed by atoms with van der Waals surface area (Å²) in [5.41, 5.74) is 0.775. The number of hydrogen-bond donors (Lipinski definition) is 0. The van der Waals surface area contributed by atoms with Crippen LogP contribution in [0.1, 0.15) is 10.4 Å². The van der Waals surface area contributed by atoms with Crippen LogP contribution in [-0.2, 0) is 0 Å². The van der Waals surface area contributed by atoms with Crippen LogP contribution in [0.4, 0.5) is 0 Å². The Morgan fingerprint density at radius 2 is 2.14 bits per heavy atom. The van der Waals surface area contributed by atoms with Gasteiger partial charge in [0.05, 0.1) is 5.56 Å². The third-order valence-electron chi connectivity index (χ3n) is 1.87. The Bertz CT molecular complexity index is 330. The van der Waals surface area contributed by atoms with Crippen molar-refractivity contribution in [3.05, 3.63) is 33.4 Å². The van der Waals surface area contributed by atoms with Gasteiger partial charge in [-0.1, -0.05) is 28.1 Å². The number of carbonyl (C=O) groups excluding carboxylic acids is 1. The molecule has 0 saturated heterocycles. The second-order valence-electron chi connectivity index (χ2n) is 2.90. The molecular weight excluding hydrogens is 357 g/mol. The molecule has 0 bridgehead atoms. The molecule has 0 aliphatic carbocycles. The molecule has 4 heteroatoms. The molecule has 0 saturated carbocycles. The lowest BCUT2D eigenvalue weighted by molar-refractivity contribution is 0.0803. The van der Waals surface area contributed by atoms with Crippen molar-refractivity contribution in [3.63, 3.8) is 0 Å².